The van der Waals surface area contributed by atoms with Gasteiger partial charge in [0.2, 0.25) is 0 Å². The zero-order valence-electron chi connectivity index (χ0n) is 15.5. The molecule has 0 radical (unpaired) electrons. The van der Waals surface area contributed by atoms with Crippen LogP contribution in [0.4, 0.5) is 16.0 Å². The second-order valence-electron chi connectivity index (χ2n) is 6.45. The molecule has 0 fully saturated rings. The quantitative estimate of drug-likeness (QED) is 0.548. The molecule has 1 atom stereocenters. The monoisotopic (exact) mass is 385 g/mol. The fraction of sp³-hybridized carbons (Fsp3) is 0.0952. The topological polar surface area (TPSA) is 113 Å². The first-order chi connectivity index (χ1) is 14.1. The molecule has 0 spiro atoms. The molecule has 0 amide bonds. The number of fused-ring (bicyclic) bond motifs is 1. The van der Waals surface area contributed by atoms with E-state index < -0.39 is 6.04 Å². The molecule has 2 aromatic carbocycles. The van der Waals surface area contributed by atoms with Crippen molar-refractivity contribution in [3.63, 3.8) is 0 Å². The van der Waals surface area contributed by atoms with Crippen molar-refractivity contribution in [3.8, 4) is 17.2 Å². The van der Waals surface area contributed by atoms with Gasteiger partial charge >= 0.3 is 0 Å². The van der Waals surface area contributed by atoms with Crippen molar-refractivity contribution < 1.29 is 4.39 Å². The average molecular weight is 385 g/mol. The van der Waals surface area contributed by atoms with Crippen LogP contribution >= 0.6 is 0 Å². The van der Waals surface area contributed by atoms with Crippen LogP contribution in [0.1, 0.15) is 24.2 Å². The second-order valence-corrected chi connectivity index (χ2v) is 6.45. The van der Waals surface area contributed by atoms with Gasteiger partial charge in [0, 0.05) is 10.9 Å². The minimum absolute atomic E-state index is 0.0900. The van der Waals surface area contributed by atoms with Crippen LogP contribution in [0.25, 0.3) is 22.0 Å². The molecule has 0 aliphatic heterocycles. The molecule has 2 heterocycles. The van der Waals surface area contributed by atoms with Gasteiger partial charge in [0.1, 0.15) is 35.4 Å². The maximum atomic E-state index is 14.0. The molecule has 2 aromatic heterocycles. The number of nitrogens with one attached hydrogen (secondary N) is 1. The molecule has 0 bridgehead atoms. The van der Waals surface area contributed by atoms with Crippen LogP contribution in [0.2, 0.25) is 0 Å². The Bertz CT molecular complexity index is 1240. The lowest BCUT2D eigenvalue weighted by molar-refractivity contribution is 0.629. The lowest BCUT2D eigenvalue weighted by Gasteiger charge is -2.19. The number of anilines is 2. The summed E-state index contributed by atoms with van der Waals surface area (Å²) in [4.78, 5) is 7.96. The predicted molar refractivity (Wildman–Crippen MR) is 108 cm³/mol. The smallest absolute Gasteiger partial charge is 0.150 e. The number of benzene rings is 2. The Hall–Kier alpha value is -4.12. The van der Waals surface area contributed by atoms with E-state index in [1.165, 1.54) is 18.5 Å². The van der Waals surface area contributed by atoms with Crippen molar-refractivity contribution in [2.24, 2.45) is 0 Å². The van der Waals surface area contributed by atoms with Crippen molar-refractivity contribution in [2.45, 2.75) is 13.0 Å². The number of nitrogens with zero attached hydrogens (tertiary/aromatic N) is 5. The van der Waals surface area contributed by atoms with E-state index in [-0.39, 0.29) is 17.2 Å². The molecule has 1 unspecified atom stereocenters. The number of aromatic nitrogens is 4. The summed E-state index contributed by atoms with van der Waals surface area (Å²) < 4.78 is 14.0. The van der Waals surface area contributed by atoms with Gasteiger partial charge in [0.15, 0.2) is 0 Å². The van der Waals surface area contributed by atoms with Crippen LogP contribution in [0, 0.1) is 17.1 Å². The summed E-state index contributed by atoms with van der Waals surface area (Å²) in [5, 5.41) is 21.8. The molecule has 0 saturated heterocycles. The largest absolute Gasteiger partial charge is 0.382 e. The van der Waals surface area contributed by atoms with E-state index in [9.17, 15) is 9.65 Å². The maximum Gasteiger partial charge on any atom is 0.150 e. The Labute approximate surface area is 166 Å². The van der Waals surface area contributed by atoms with Crippen molar-refractivity contribution in [2.75, 3.05) is 11.1 Å². The third-order valence-electron chi connectivity index (χ3n) is 4.56. The third-order valence-corrected chi connectivity index (χ3v) is 4.56. The Morgan fingerprint density at radius 3 is 2.66 bits per heavy atom. The summed E-state index contributed by atoms with van der Waals surface area (Å²) in [6.07, 6.45) is 1.28. The highest BCUT2D eigenvalue weighted by Crippen LogP contribution is 2.34. The summed E-state index contributed by atoms with van der Waals surface area (Å²) >= 11 is 0. The summed E-state index contributed by atoms with van der Waals surface area (Å²) in [5.74, 6) is 0.0318. The van der Waals surface area contributed by atoms with E-state index in [2.05, 4.69) is 25.5 Å². The van der Waals surface area contributed by atoms with Crippen LogP contribution in [-0.2, 0) is 0 Å². The van der Waals surface area contributed by atoms with Crippen LogP contribution in [0.3, 0.4) is 0 Å². The molecule has 0 aliphatic rings. The fourth-order valence-corrected chi connectivity index (χ4v) is 3.20. The zero-order valence-corrected chi connectivity index (χ0v) is 15.5. The first kappa shape index (κ1) is 18.3. The molecule has 7 nitrogen and oxygen atoms in total. The van der Waals surface area contributed by atoms with Crippen molar-refractivity contribution in [1.82, 2.24) is 20.2 Å². The number of halogens is 1. The summed E-state index contributed by atoms with van der Waals surface area (Å²) in [6, 6.07) is 15.6. The highest BCUT2D eigenvalue weighted by molar-refractivity contribution is 5.95. The lowest BCUT2D eigenvalue weighted by Crippen LogP contribution is -2.14. The first-order valence-corrected chi connectivity index (χ1v) is 8.87. The average Bonchev–Trinajstić information content (AvgIpc) is 2.73. The Morgan fingerprint density at radius 1 is 1.10 bits per heavy atom. The lowest BCUT2D eigenvalue weighted by atomic mass is 9.96. The van der Waals surface area contributed by atoms with E-state index in [0.717, 1.165) is 11.1 Å². The van der Waals surface area contributed by atoms with Gasteiger partial charge in [-0.1, -0.05) is 30.3 Å². The molecule has 0 aliphatic carbocycles. The summed E-state index contributed by atoms with van der Waals surface area (Å²) in [7, 11) is 0. The minimum atomic E-state index is -0.397. The molecule has 142 valence electrons. The van der Waals surface area contributed by atoms with Crippen LogP contribution < -0.4 is 11.1 Å². The number of nitrogen functional groups attached to an aromatic ring is 1. The van der Waals surface area contributed by atoms with Gasteiger partial charge in [0.25, 0.3) is 0 Å². The number of hydrogen-bond acceptors (Lipinski definition) is 7. The van der Waals surface area contributed by atoms with Gasteiger partial charge in [0.05, 0.1) is 17.3 Å². The van der Waals surface area contributed by atoms with Crippen molar-refractivity contribution >= 4 is 22.5 Å². The van der Waals surface area contributed by atoms with Gasteiger partial charge in [-0.3, -0.25) is 0 Å². The van der Waals surface area contributed by atoms with Crippen LogP contribution in [0.15, 0.2) is 54.9 Å². The fourth-order valence-electron chi connectivity index (χ4n) is 3.20. The van der Waals surface area contributed by atoms with Crippen molar-refractivity contribution in [1.29, 1.82) is 5.26 Å². The molecule has 8 heteroatoms. The Morgan fingerprint density at radius 2 is 1.90 bits per heavy atom. The normalized spacial score (nSPS) is 11.8. The molecular formula is C21H16FN7. The van der Waals surface area contributed by atoms with E-state index in [4.69, 9.17) is 5.73 Å². The molecule has 0 saturated carbocycles. The number of nitriles is 1. The van der Waals surface area contributed by atoms with Gasteiger partial charge in [-0.2, -0.15) is 15.5 Å². The highest BCUT2D eigenvalue weighted by Gasteiger charge is 2.20. The second kappa shape index (κ2) is 7.48. The Balaban J connectivity index is 1.88. The first-order valence-electron chi connectivity index (χ1n) is 8.87. The van der Waals surface area contributed by atoms with E-state index in [0.29, 0.717) is 22.4 Å². The highest BCUT2D eigenvalue weighted by atomic mass is 19.1. The number of rotatable bonds is 4. The van der Waals surface area contributed by atoms with Crippen LogP contribution in [-0.4, -0.2) is 20.2 Å². The van der Waals surface area contributed by atoms with E-state index in [1.54, 1.807) is 6.07 Å². The van der Waals surface area contributed by atoms with Gasteiger partial charge in [-0.25, -0.2) is 14.4 Å². The predicted octanol–water partition coefficient (Wildman–Crippen LogP) is 3.85. The molecule has 3 N–H and O–H groups in total. The zero-order chi connectivity index (χ0) is 20.4. The van der Waals surface area contributed by atoms with Gasteiger partial charge in [-0.05, 0) is 30.7 Å². The van der Waals surface area contributed by atoms with Gasteiger partial charge < -0.3 is 11.1 Å². The summed E-state index contributed by atoms with van der Waals surface area (Å²) in [6.45, 7) is 1.86. The third kappa shape index (κ3) is 3.41. The SMILES string of the molecule is CC(Nc1ncnc(N)c1C#N)c1nnc2ccc(F)cc2c1-c1ccccc1. The number of nitrogens with two attached hydrogens (primary N) is 1. The molecule has 29 heavy (non-hydrogen) atoms. The van der Waals surface area contributed by atoms with E-state index in [1.807, 2.05) is 43.3 Å². The summed E-state index contributed by atoms with van der Waals surface area (Å²) in [5.41, 5.74) is 8.75. The Kier molecular flexibility index (Phi) is 4.71. The molecular weight excluding hydrogens is 369 g/mol. The molecule has 4 rings (SSSR count). The van der Waals surface area contributed by atoms with Crippen LogP contribution in [0.5, 0.6) is 0 Å². The minimum Gasteiger partial charge on any atom is -0.382 e. The number of hydrogen-bond donors (Lipinski definition) is 2. The van der Waals surface area contributed by atoms with Crippen molar-refractivity contribution in [3.05, 3.63) is 71.9 Å². The van der Waals surface area contributed by atoms with Gasteiger partial charge in [-0.15, -0.1) is 0 Å². The maximum absolute atomic E-state index is 14.0. The standard InChI is InChI=1S/C21H16FN7/c1-12(27-21-16(10-23)20(24)25-11-26-21)19-18(13-5-3-2-4-6-13)15-9-14(22)7-8-17(15)28-29-19/h2-9,11-12H,1H3,(H3,24,25,26,27). The molecule has 4 aromatic rings. The van der Waals surface area contributed by atoms with E-state index >= 15 is 0 Å².